The Morgan fingerprint density at radius 2 is 2.22 bits per heavy atom. The Hall–Kier alpha value is -1.95. The van der Waals surface area contributed by atoms with Crippen LogP contribution in [-0.2, 0) is 0 Å². The van der Waals surface area contributed by atoms with Crippen LogP contribution in [0.25, 0.3) is 10.6 Å². The molecule has 1 heterocycles. The van der Waals surface area contributed by atoms with Crippen molar-refractivity contribution in [2.75, 3.05) is 7.11 Å². The summed E-state index contributed by atoms with van der Waals surface area (Å²) in [5.41, 5.74) is 0.140. The summed E-state index contributed by atoms with van der Waals surface area (Å²) in [6, 6.07) is 4.42. The summed E-state index contributed by atoms with van der Waals surface area (Å²) >= 11 is 1.13. The summed E-state index contributed by atoms with van der Waals surface area (Å²) in [5, 5.41) is 9.25. The van der Waals surface area contributed by atoms with Crippen LogP contribution < -0.4 is 4.74 Å². The molecule has 0 bridgehead atoms. The maximum Gasteiger partial charge on any atom is 0.355 e. The molecule has 1 aromatic heterocycles. The fourth-order valence-electron chi connectivity index (χ4n) is 1.58. The second-order valence-corrected chi connectivity index (χ2v) is 4.75. The fraction of sp³-hybridized carbons (Fsp3) is 0.167. The number of carboxylic acids is 1. The van der Waals surface area contributed by atoms with Crippen LogP contribution in [0.5, 0.6) is 5.75 Å². The summed E-state index contributed by atoms with van der Waals surface area (Å²) in [4.78, 5) is 15.4. The molecule has 1 aromatic carbocycles. The fourth-order valence-corrected chi connectivity index (χ4v) is 2.54. The van der Waals surface area contributed by atoms with Crippen molar-refractivity contribution in [1.29, 1.82) is 0 Å². The van der Waals surface area contributed by atoms with E-state index in [2.05, 4.69) is 4.98 Å². The predicted molar refractivity (Wildman–Crippen MR) is 65.8 cm³/mol. The zero-order valence-corrected chi connectivity index (χ0v) is 10.5. The second kappa shape index (κ2) is 4.73. The molecule has 0 aliphatic heterocycles. The third-order valence-electron chi connectivity index (χ3n) is 2.41. The first-order valence-corrected chi connectivity index (χ1v) is 5.90. The first-order chi connectivity index (χ1) is 8.54. The standard InChI is InChI=1S/C12H10FNO3S/c1-6-10(12(15)16)14-11(18-6)9-7(13)4-3-5-8(9)17-2/h3-5H,1-2H3,(H,15,16). The molecule has 1 N–H and O–H groups in total. The number of thiazole rings is 1. The number of rotatable bonds is 3. The molecule has 0 spiro atoms. The van der Waals surface area contributed by atoms with E-state index in [-0.39, 0.29) is 11.3 Å². The number of nitrogens with zero attached hydrogens (tertiary/aromatic N) is 1. The number of carbonyl (C=O) groups is 1. The zero-order valence-electron chi connectivity index (χ0n) is 9.73. The molecular weight excluding hydrogens is 257 g/mol. The molecule has 0 saturated heterocycles. The van der Waals surface area contributed by atoms with Crippen molar-refractivity contribution >= 4 is 17.3 Å². The van der Waals surface area contributed by atoms with Crippen LogP contribution in [0.1, 0.15) is 15.4 Å². The minimum atomic E-state index is -1.12. The van der Waals surface area contributed by atoms with Crippen molar-refractivity contribution < 1.29 is 19.0 Å². The lowest BCUT2D eigenvalue weighted by Gasteiger charge is -2.06. The van der Waals surface area contributed by atoms with E-state index in [4.69, 9.17) is 9.84 Å². The van der Waals surface area contributed by atoms with E-state index in [9.17, 15) is 9.18 Å². The van der Waals surface area contributed by atoms with Crippen LogP contribution in [0, 0.1) is 12.7 Å². The molecule has 18 heavy (non-hydrogen) atoms. The van der Waals surface area contributed by atoms with Crippen molar-refractivity contribution in [1.82, 2.24) is 4.98 Å². The van der Waals surface area contributed by atoms with Gasteiger partial charge in [0.25, 0.3) is 0 Å². The lowest BCUT2D eigenvalue weighted by molar-refractivity contribution is 0.0690. The molecular formula is C12H10FNO3S. The second-order valence-electron chi connectivity index (χ2n) is 3.55. The lowest BCUT2D eigenvalue weighted by atomic mass is 10.2. The van der Waals surface area contributed by atoms with E-state index in [1.807, 2.05) is 0 Å². The average molecular weight is 267 g/mol. The highest BCUT2D eigenvalue weighted by atomic mass is 32.1. The Labute approximate surface area is 107 Å². The van der Waals surface area contributed by atoms with Crippen LogP contribution in [0.2, 0.25) is 0 Å². The predicted octanol–water partition coefficient (Wildman–Crippen LogP) is 2.96. The molecule has 0 atom stereocenters. The van der Waals surface area contributed by atoms with Gasteiger partial charge in [0.05, 0.1) is 12.7 Å². The van der Waals surface area contributed by atoms with Gasteiger partial charge in [-0.2, -0.15) is 0 Å². The third-order valence-corrected chi connectivity index (χ3v) is 3.40. The maximum absolute atomic E-state index is 13.8. The molecule has 94 valence electrons. The molecule has 0 fully saturated rings. The lowest BCUT2D eigenvalue weighted by Crippen LogP contribution is -1.98. The van der Waals surface area contributed by atoms with Gasteiger partial charge in [-0.1, -0.05) is 6.07 Å². The van der Waals surface area contributed by atoms with Gasteiger partial charge in [0.15, 0.2) is 5.69 Å². The van der Waals surface area contributed by atoms with Crippen molar-refractivity contribution in [3.8, 4) is 16.3 Å². The van der Waals surface area contributed by atoms with Crippen LogP contribution in [0.4, 0.5) is 4.39 Å². The van der Waals surface area contributed by atoms with Gasteiger partial charge in [0, 0.05) is 4.88 Å². The Balaban J connectivity index is 2.62. The van der Waals surface area contributed by atoms with Gasteiger partial charge < -0.3 is 9.84 Å². The number of hydrogen-bond acceptors (Lipinski definition) is 4. The van der Waals surface area contributed by atoms with Gasteiger partial charge in [0.1, 0.15) is 16.6 Å². The molecule has 0 aliphatic carbocycles. The van der Waals surface area contributed by atoms with Crippen LogP contribution >= 0.6 is 11.3 Å². The molecule has 4 nitrogen and oxygen atoms in total. The summed E-state index contributed by atoms with van der Waals surface area (Å²) < 4.78 is 18.9. The van der Waals surface area contributed by atoms with E-state index in [0.29, 0.717) is 15.6 Å². The van der Waals surface area contributed by atoms with Crippen molar-refractivity contribution in [3.63, 3.8) is 0 Å². The van der Waals surface area contributed by atoms with Crippen LogP contribution in [0.3, 0.4) is 0 Å². The maximum atomic E-state index is 13.8. The highest BCUT2D eigenvalue weighted by molar-refractivity contribution is 7.15. The van der Waals surface area contributed by atoms with Gasteiger partial charge in [0.2, 0.25) is 0 Å². The smallest absolute Gasteiger partial charge is 0.355 e. The normalized spacial score (nSPS) is 10.4. The van der Waals surface area contributed by atoms with Gasteiger partial charge in [-0.05, 0) is 19.1 Å². The molecule has 6 heteroatoms. The first kappa shape index (κ1) is 12.5. The largest absolute Gasteiger partial charge is 0.496 e. The number of ether oxygens (including phenoxy) is 1. The van der Waals surface area contributed by atoms with E-state index < -0.39 is 11.8 Å². The van der Waals surface area contributed by atoms with Crippen molar-refractivity contribution in [3.05, 3.63) is 34.6 Å². The zero-order chi connectivity index (χ0) is 13.3. The number of aromatic nitrogens is 1. The monoisotopic (exact) mass is 267 g/mol. The van der Waals surface area contributed by atoms with Crippen LogP contribution in [0.15, 0.2) is 18.2 Å². The summed E-state index contributed by atoms with van der Waals surface area (Å²) in [7, 11) is 1.43. The Morgan fingerprint density at radius 3 is 2.78 bits per heavy atom. The summed E-state index contributed by atoms with van der Waals surface area (Å²) in [6.07, 6.45) is 0. The minimum absolute atomic E-state index is 0.0553. The number of methoxy groups -OCH3 is 1. The Morgan fingerprint density at radius 1 is 1.50 bits per heavy atom. The molecule has 2 rings (SSSR count). The van der Waals surface area contributed by atoms with E-state index in [1.54, 1.807) is 13.0 Å². The van der Waals surface area contributed by atoms with E-state index in [0.717, 1.165) is 11.3 Å². The highest BCUT2D eigenvalue weighted by Gasteiger charge is 2.20. The molecule has 0 amide bonds. The first-order valence-electron chi connectivity index (χ1n) is 5.08. The number of aromatic carboxylic acids is 1. The van der Waals surface area contributed by atoms with Gasteiger partial charge in [-0.3, -0.25) is 0 Å². The minimum Gasteiger partial charge on any atom is -0.496 e. The quantitative estimate of drug-likeness (QED) is 0.928. The number of carboxylic acid groups (broad SMARTS) is 1. The molecule has 0 saturated carbocycles. The molecule has 0 unspecified atom stereocenters. The summed E-state index contributed by atoms with van der Waals surface area (Å²) in [6.45, 7) is 1.64. The van der Waals surface area contributed by atoms with Gasteiger partial charge in [-0.25, -0.2) is 14.2 Å². The summed E-state index contributed by atoms with van der Waals surface area (Å²) in [5.74, 6) is -1.27. The topological polar surface area (TPSA) is 59.4 Å². The highest BCUT2D eigenvalue weighted by Crippen LogP contribution is 2.36. The van der Waals surface area contributed by atoms with Gasteiger partial charge >= 0.3 is 5.97 Å². The SMILES string of the molecule is COc1cccc(F)c1-c1nc(C(=O)O)c(C)s1. The van der Waals surface area contributed by atoms with Crippen molar-refractivity contribution in [2.24, 2.45) is 0 Å². The molecule has 2 aromatic rings. The van der Waals surface area contributed by atoms with Gasteiger partial charge in [-0.15, -0.1) is 11.3 Å². The third kappa shape index (κ3) is 2.06. The van der Waals surface area contributed by atoms with E-state index in [1.165, 1.54) is 19.2 Å². The van der Waals surface area contributed by atoms with Crippen molar-refractivity contribution in [2.45, 2.75) is 6.92 Å². The van der Waals surface area contributed by atoms with Crippen LogP contribution in [-0.4, -0.2) is 23.2 Å². The Kier molecular flexibility index (Phi) is 3.29. The average Bonchev–Trinajstić information content (AvgIpc) is 2.70. The number of benzene rings is 1. The number of hydrogen-bond donors (Lipinski definition) is 1. The number of halogens is 1. The van der Waals surface area contributed by atoms with E-state index >= 15 is 0 Å². The number of aryl methyl sites for hydroxylation is 1. The Bertz CT molecular complexity index is 609. The molecule has 0 aliphatic rings. The molecule has 0 radical (unpaired) electrons.